The molecule has 1 atom stereocenters. The second kappa shape index (κ2) is 6.48. The molecule has 0 aliphatic rings. The van der Waals surface area contributed by atoms with Crippen molar-refractivity contribution in [3.05, 3.63) is 59.2 Å². The summed E-state index contributed by atoms with van der Waals surface area (Å²) in [4.78, 5) is 4.37. The molecule has 2 aromatic rings. The van der Waals surface area contributed by atoms with Gasteiger partial charge in [0.15, 0.2) is 0 Å². The summed E-state index contributed by atoms with van der Waals surface area (Å²) in [5.74, 6) is 0.287. The predicted molar refractivity (Wildman–Crippen MR) is 77.4 cm³/mol. The molecule has 0 radical (unpaired) electrons. The number of methoxy groups -OCH3 is 1. The molecule has 106 valence electrons. The molecule has 1 unspecified atom stereocenters. The van der Waals surface area contributed by atoms with E-state index in [1.165, 1.54) is 6.07 Å². The second-order valence-electron chi connectivity index (χ2n) is 4.67. The molecule has 1 N–H and O–H groups in total. The monoisotopic (exact) mass is 274 g/mol. The van der Waals surface area contributed by atoms with Crippen molar-refractivity contribution in [1.82, 2.24) is 10.3 Å². The van der Waals surface area contributed by atoms with E-state index in [-0.39, 0.29) is 11.9 Å². The van der Waals surface area contributed by atoms with E-state index in [2.05, 4.69) is 10.3 Å². The topological polar surface area (TPSA) is 34.2 Å². The Labute approximate surface area is 118 Å². The molecule has 1 aromatic carbocycles. The third-order valence-corrected chi connectivity index (χ3v) is 3.45. The number of ether oxygens (including phenoxy) is 1. The first-order chi connectivity index (χ1) is 9.67. The maximum Gasteiger partial charge on any atom is 0.131 e. The zero-order chi connectivity index (χ0) is 14.5. The minimum Gasteiger partial charge on any atom is -0.496 e. The SMILES string of the molecule is CNC(Cc1ncccc1C)c1c(F)cccc1OC. The Bertz CT molecular complexity index is 586. The molecule has 0 bridgehead atoms. The minimum absolute atomic E-state index is 0.181. The van der Waals surface area contributed by atoms with Crippen LogP contribution in [0.3, 0.4) is 0 Å². The fraction of sp³-hybridized carbons (Fsp3) is 0.312. The van der Waals surface area contributed by atoms with Gasteiger partial charge < -0.3 is 10.1 Å². The third kappa shape index (κ3) is 2.96. The lowest BCUT2D eigenvalue weighted by Gasteiger charge is -2.20. The van der Waals surface area contributed by atoms with Crippen molar-refractivity contribution in [2.75, 3.05) is 14.2 Å². The lowest BCUT2D eigenvalue weighted by atomic mass is 9.98. The second-order valence-corrected chi connectivity index (χ2v) is 4.67. The van der Waals surface area contributed by atoms with Crippen LogP contribution in [-0.2, 0) is 6.42 Å². The van der Waals surface area contributed by atoms with Crippen LogP contribution in [0.25, 0.3) is 0 Å². The molecular formula is C16H19FN2O. The van der Waals surface area contributed by atoms with Gasteiger partial charge in [-0.15, -0.1) is 0 Å². The zero-order valence-electron chi connectivity index (χ0n) is 12.0. The average molecular weight is 274 g/mol. The number of halogens is 1. The first-order valence-electron chi connectivity index (χ1n) is 6.57. The normalized spacial score (nSPS) is 12.2. The highest BCUT2D eigenvalue weighted by molar-refractivity contribution is 5.38. The van der Waals surface area contributed by atoms with Gasteiger partial charge in [-0.2, -0.15) is 0 Å². The Morgan fingerprint density at radius 1 is 1.30 bits per heavy atom. The number of hydrogen-bond donors (Lipinski definition) is 1. The molecule has 0 saturated carbocycles. The maximum atomic E-state index is 14.1. The lowest BCUT2D eigenvalue weighted by Crippen LogP contribution is -2.21. The van der Waals surface area contributed by atoms with Crippen LogP contribution in [0.15, 0.2) is 36.5 Å². The Balaban J connectivity index is 2.36. The molecule has 0 spiro atoms. The van der Waals surface area contributed by atoms with Crippen molar-refractivity contribution < 1.29 is 9.13 Å². The number of rotatable bonds is 5. The standard InChI is InChI=1S/C16H19FN2O/c1-11-6-5-9-19-13(11)10-14(18-2)16-12(17)7-4-8-15(16)20-3/h4-9,14,18H,10H2,1-3H3. The van der Waals surface area contributed by atoms with Crippen molar-refractivity contribution >= 4 is 0 Å². The number of aryl methyl sites for hydroxylation is 1. The summed E-state index contributed by atoms with van der Waals surface area (Å²) in [6.07, 6.45) is 2.37. The Kier molecular flexibility index (Phi) is 4.69. The Morgan fingerprint density at radius 3 is 2.75 bits per heavy atom. The first-order valence-corrected chi connectivity index (χ1v) is 6.57. The van der Waals surface area contributed by atoms with Gasteiger partial charge in [-0.25, -0.2) is 4.39 Å². The summed E-state index contributed by atoms with van der Waals surface area (Å²) in [6, 6.07) is 8.60. The number of aromatic nitrogens is 1. The van der Waals surface area contributed by atoms with E-state index >= 15 is 0 Å². The molecule has 0 saturated heterocycles. The highest BCUT2D eigenvalue weighted by atomic mass is 19.1. The molecule has 1 aromatic heterocycles. The molecule has 0 aliphatic carbocycles. The molecule has 4 heteroatoms. The predicted octanol–water partition coefficient (Wildman–Crippen LogP) is 3.04. The van der Waals surface area contributed by atoms with Crippen LogP contribution in [0.5, 0.6) is 5.75 Å². The van der Waals surface area contributed by atoms with Gasteiger partial charge >= 0.3 is 0 Å². The molecule has 0 aliphatic heterocycles. The highest BCUT2D eigenvalue weighted by Gasteiger charge is 2.20. The molecule has 2 rings (SSSR count). The van der Waals surface area contributed by atoms with Gasteiger partial charge in [0, 0.05) is 29.9 Å². The van der Waals surface area contributed by atoms with Crippen LogP contribution in [0.1, 0.15) is 22.9 Å². The van der Waals surface area contributed by atoms with E-state index in [9.17, 15) is 4.39 Å². The highest BCUT2D eigenvalue weighted by Crippen LogP contribution is 2.30. The van der Waals surface area contributed by atoms with Crippen molar-refractivity contribution in [2.45, 2.75) is 19.4 Å². The van der Waals surface area contributed by atoms with Crippen LogP contribution in [0.4, 0.5) is 4.39 Å². The minimum atomic E-state index is -0.266. The lowest BCUT2D eigenvalue weighted by molar-refractivity contribution is 0.392. The molecule has 0 fully saturated rings. The van der Waals surface area contributed by atoms with Gasteiger partial charge in [-0.3, -0.25) is 4.98 Å². The number of likely N-dealkylation sites (N-methyl/N-ethyl adjacent to an activating group) is 1. The van der Waals surface area contributed by atoms with Crippen LogP contribution >= 0.6 is 0 Å². The number of benzene rings is 1. The van der Waals surface area contributed by atoms with E-state index < -0.39 is 0 Å². The third-order valence-electron chi connectivity index (χ3n) is 3.45. The maximum absolute atomic E-state index is 14.1. The van der Waals surface area contributed by atoms with E-state index in [1.54, 1.807) is 25.4 Å². The summed E-state index contributed by atoms with van der Waals surface area (Å²) >= 11 is 0. The fourth-order valence-electron chi connectivity index (χ4n) is 2.31. The summed E-state index contributed by atoms with van der Waals surface area (Å²) < 4.78 is 19.4. The van der Waals surface area contributed by atoms with Gasteiger partial charge in [-0.1, -0.05) is 12.1 Å². The van der Waals surface area contributed by atoms with Crippen molar-refractivity contribution in [3.8, 4) is 5.75 Å². The van der Waals surface area contributed by atoms with Crippen LogP contribution < -0.4 is 10.1 Å². The molecule has 20 heavy (non-hydrogen) atoms. The van der Waals surface area contributed by atoms with Crippen molar-refractivity contribution in [1.29, 1.82) is 0 Å². The largest absolute Gasteiger partial charge is 0.496 e. The molecule has 0 amide bonds. The number of pyridine rings is 1. The van der Waals surface area contributed by atoms with E-state index in [4.69, 9.17) is 4.74 Å². The Morgan fingerprint density at radius 2 is 2.10 bits per heavy atom. The zero-order valence-corrected chi connectivity index (χ0v) is 12.0. The number of nitrogens with zero attached hydrogens (tertiary/aromatic N) is 1. The number of hydrogen-bond acceptors (Lipinski definition) is 3. The van der Waals surface area contributed by atoms with E-state index in [1.807, 2.05) is 26.1 Å². The summed E-state index contributed by atoms with van der Waals surface area (Å²) in [7, 11) is 3.37. The van der Waals surface area contributed by atoms with Crippen LogP contribution in [0, 0.1) is 12.7 Å². The van der Waals surface area contributed by atoms with E-state index in [0.717, 1.165) is 11.3 Å². The summed E-state index contributed by atoms with van der Waals surface area (Å²) in [5, 5.41) is 3.15. The first kappa shape index (κ1) is 14.5. The Hall–Kier alpha value is -1.94. The molecular weight excluding hydrogens is 255 g/mol. The molecule has 1 heterocycles. The van der Waals surface area contributed by atoms with Gasteiger partial charge in [0.1, 0.15) is 11.6 Å². The van der Waals surface area contributed by atoms with Gasteiger partial charge in [0.2, 0.25) is 0 Å². The van der Waals surface area contributed by atoms with Crippen LogP contribution in [0.2, 0.25) is 0 Å². The van der Waals surface area contributed by atoms with E-state index in [0.29, 0.717) is 17.7 Å². The quantitative estimate of drug-likeness (QED) is 0.910. The van der Waals surface area contributed by atoms with Gasteiger partial charge in [0.25, 0.3) is 0 Å². The summed E-state index contributed by atoms with van der Waals surface area (Å²) in [5.41, 5.74) is 2.60. The van der Waals surface area contributed by atoms with Crippen molar-refractivity contribution in [3.63, 3.8) is 0 Å². The van der Waals surface area contributed by atoms with Crippen molar-refractivity contribution in [2.24, 2.45) is 0 Å². The van der Waals surface area contributed by atoms with Crippen LogP contribution in [-0.4, -0.2) is 19.1 Å². The average Bonchev–Trinajstić information content (AvgIpc) is 2.47. The number of nitrogens with one attached hydrogen (secondary N) is 1. The molecule has 3 nitrogen and oxygen atoms in total. The smallest absolute Gasteiger partial charge is 0.131 e. The van der Waals surface area contributed by atoms with Gasteiger partial charge in [0.05, 0.1) is 7.11 Å². The van der Waals surface area contributed by atoms with Gasteiger partial charge in [-0.05, 0) is 37.7 Å². The fourth-order valence-corrected chi connectivity index (χ4v) is 2.31. The summed E-state index contributed by atoms with van der Waals surface area (Å²) in [6.45, 7) is 2.01.